The minimum Gasteiger partial charge on any atom is -0.480 e. The van der Waals surface area contributed by atoms with E-state index in [4.69, 9.17) is 0 Å². The molecular formula is C15H14N2O3S. The van der Waals surface area contributed by atoms with Crippen molar-refractivity contribution in [2.45, 2.75) is 19.0 Å². The van der Waals surface area contributed by atoms with Gasteiger partial charge in [-0.2, -0.15) is 11.3 Å². The van der Waals surface area contributed by atoms with E-state index >= 15 is 0 Å². The molecule has 1 aromatic carbocycles. The number of nitrogens with one attached hydrogen (secondary N) is 1. The van der Waals surface area contributed by atoms with Crippen LogP contribution in [0.5, 0.6) is 0 Å². The van der Waals surface area contributed by atoms with Crippen LogP contribution in [0, 0.1) is 0 Å². The molecule has 2 N–H and O–H groups in total. The van der Waals surface area contributed by atoms with Crippen LogP contribution in [0.2, 0.25) is 0 Å². The van der Waals surface area contributed by atoms with Crippen molar-refractivity contribution in [2.24, 2.45) is 0 Å². The molecular weight excluding hydrogens is 288 g/mol. The van der Waals surface area contributed by atoms with E-state index in [2.05, 4.69) is 5.32 Å². The summed E-state index contributed by atoms with van der Waals surface area (Å²) >= 11 is 1.47. The average Bonchev–Trinajstić information content (AvgIpc) is 2.98. The number of carbonyl (C=O) groups is 2. The first kappa shape index (κ1) is 13.6. The van der Waals surface area contributed by atoms with Gasteiger partial charge in [0.1, 0.15) is 6.04 Å². The molecule has 1 aliphatic heterocycles. The highest BCUT2D eigenvalue weighted by Crippen LogP contribution is 2.24. The number of aliphatic carboxylic acids is 1. The van der Waals surface area contributed by atoms with Gasteiger partial charge in [0.2, 0.25) is 0 Å². The first-order chi connectivity index (χ1) is 10.1. The molecule has 0 spiro atoms. The van der Waals surface area contributed by atoms with Gasteiger partial charge in [0.25, 0.3) is 0 Å². The van der Waals surface area contributed by atoms with E-state index in [-0.39, 0.29) is 6.03 Å². The predicted octanol–water partition coefficient (Wildman–Crippen LogP) is 2.79. The fourth-order valence-corrected chi connectivity index (χ4v) is 3.08. The second-order valence-electron chi connectivity index (χ2n) is 4.90. The normalized spacial score (nSPS) is 17.1. The van der Waals surface area contributed by atoms with Crippen molar-refractivity contribution < 1.29 is 14.7 Å². The highest BCUT2D eigenvalue weighted by molar-refractivity contribution is 7.08. The zero-order valence-corrected chi connectivity index (χ0v) is 12.0. The third kappa shape index (κ3) is 2.75. The Kier molecular flexibility index (Phi) is 3.62. The number of carbonyl (C=O) groups excluding carboxylic acids is 1. The maximum absolute atomic E-state index is 12.3. The Morgan fingerprint density at radius 3 is 2.67 bits per heavy atom. The van der Waals surface area contributed by atoms with Crippen LogP contribution >= 0.6 is 11.3 Å². The summed E-state index contributed by atoms with van der Waals surface area (Å²) in [7, 11) is 0. The summed E-state index contributed by atoms with van der Waals surface area (Å²) in [6.07, 6.45) is 0.336. The lowest BCUT2D eigenvalue weighted by atomic mass is 9.94. The van der Waals surface area contributed by atoms with Crippen LogP contribution in [0.1, 0.15) is 11.1 Å². The van der Waals surface area contributed by atoms with Gasteiger partial charge >= 0.3 is 12.0 Å². The molecule has 21 heavy (non-hydrogen) atoms. The van der Waals surface area contributed by atoms with Gasteiger partial charge < -0.3 is 15.3 Å². The van der Waals surface area contributed by atoms with Crippen LogP contribution in [-0.2, 0) is 17.8 Å². The molecule has 1 aliphatic rings. The van der Waals surface area contributed by atoms with Crippen molar-refractivity contribution in [3.8, 4) is 0 Å². The largest absolute Gasteiger partial charge is 0.480 e. The molecule has 2 aromatic rings. The number of urea groups is 1. The molecule has 5 nitrogen and oxygen atoms in total. The summed E-state index contributed by atoms with van der Waals surface area (Å²) in [5.74, 6) is -0.982. The Labute approximate surface area is 125 Å². The van der Waals surface area contributed by atoms with Crippen LogP contribution in [-0.4, -0.2) is 28.0 Å². The zero-order valence-electron chi connectivity index (χ0n) is 11.2. The molecule has 2 amide bonds. The molecule has 6 heteroatoms. The Bertz CT molecular complexity index is 669. The molecule has 108 valence electrons. The van der Waals surface area contributed by atoms with Gasteiger partial charge in [-0.05, 0) is 22.6 Å². The lowest BCUT2D eigenvalue weighted by molar-refractivity contribution is -0.142. The van der Waals surface area contributed by atoms with Crippen LogP contribution in [0.15, 0.2) is 41.1 Å². The Morgan fingerprint density at radius 2 is 2.00 bits per heavy atom. The SMILES string of the molecule is O=C(O)[C@@H]1Cc2ccccc2CN1C(=O)Nc1ccsc1. The van der Waals surface area contributed by atoms with Crippen molar-refractivity contribution in [3.05, 3.63) is 52.2 Å². The number of anilines is 1. The van der Waals surface area contributed by atoms with E-state index < -0.39 is 12.0 Å². The number of hydrogen-bond donors (Lipinski definition) is 2. The van der Waals surface area contributed by atoms with E-state index in [0.29, 0.717) is 18.7 Å². The van der Waals surface area contributed by atoms with Gasteiger partial charge in [-0.25, -0.2) is 9.59 Å². The van der Waals surface area contributed by atoms with Crippen molar-refractivity contribution >= 4 is 29.0 Å². The summed E-state index contributed by atoms with van der Waals surface area (Å²) < 4.78 is 0. The monoisotopic (exact) mass is 302 g/mol. The smallest absolute Gasteiger partial charge is 0.326 e. The number of hydrogen-bond acceptors (Lipinski definition) is 3. The minimum absolute atomic E-state index is 0.309. The van der Waals surface area contributed by atoms with Crippen molar-refractivity contribution in [1.82, 2.24) is 4.90 Å². The topological polar surface area (TPSA) is 69.6 Å². The Morgan fingerprint density at radius 1 is 1.24 bits per heavy atom. The summed E-state index contributed by atoms with van der Waals surface area (Å²) in [6, 6.07) is 8.20. The van der Waals surface area contributed by atoms with Crippen molar-refractivity contribution in [3.63, 3.8) is 0 Å². The number of nitrogens with zero attached hydrogens (tertiary/aromatic N) is 1. The van der Waals surface area contributed by atoms with Gasteiger partial charge in [0.05, 0.1) is 5.69 Å². The van der Waals surface area contributed by atoms with E-state index in [0.717, 1.165) is 11.1 Å². The predicted molar refractivity (Wildman–Crippen MR) is 80.5 cm³/mol. The number of fused-ring (bicyclic) bond motifs is 1. The van der Waals surface area contributed by atoms with Gasteiger partial charge in [-0.1, -0.05) is 24.3 Å². The van der Waals surface area contributed by atoms with Crippen LogP contribution in [0.3, 0.4) is 0 Å². The molecule has 0 fully saturated rings. The summed E-state index contributed by atoms with van der Waals surface area (Å²) in [5.41, 5.74) is 2.67. The van der Waals surface area contributed by atoms with Crippen LogP contribution in [0.4, 0.5) is 10.5 Å². The fourth-order valence-electron chi connectivity index (χ4n) is 2.49. The number of carboxylic acid groups (broad SMARTS) is 1. The zero-order chi connectivity index (χ0) is 14.8. The molecule has 3 rings (SSSR count). The molecule has 0 saturated heterocycles. The Hall–Kier alpha value is -2.34. The quantitative estimate of drug-likeness (QED) is 0.896. The van der Waals surface area contributed by atoms with E-state index in [1.54, 1.807) is 6.07 Å². The maximum atomic E-state index is 12.3. The first-order valence-corrected chi connectivity index (χ1v) is 7.49. The number of amides is 2. The van der Waals surface area contributed by atoms with Gasteiger partial charge in [0, 0.05) is 18.3 Å². The molecule has 0 unspecified atom stereocenters. The molecule has 1 aromatic heterocycles. The van der Waals surface area contributed by atoms with Crippen molar-refractivity contribution in [1.29, 1.82) is 0 Å². The van der Waals surface area contributed by atoms with Gasteiger partial charge in [0.15, 0.2) is 0 Å². The molecule has 1 atom stereocenters. The summed E-state index contributed by atoms with van der Waals surface area (Å²) in [4.78, 5) is 25.2. The summed E-state index contributed by atoms with van der Waals surface area (Å²) in [6.45, 7) is 0.309. The maximum Gasteiger partial charge on any atom is 0.326 e. The fraction of sp³-hybridized carbons (Fsp3) is 0.200. The van der Waals surface area contributed by atoms with E-state index in [1.807, 2.05) is 35.0 Å². The molecule has 0 bridgehead atoms. The van der Waals surface area contributed by atoms with E-state index in [1.165, 1.54) is 16.2 Å². The van der Waals surface area contributed by atoms with Crippen molar-refractivity contribution in [2.75, 3.05) is 5.32 Å². The molecule has 0 saturated carbocycles. The number of benzene rings is 1. The average molecular weight is 302 g/mol. The lowest BCUT2D eigenvalue weighted by Crippen LogP contribution is -2.50. The van der Waals surface area contributed by atoms with Crippen LogP contribution in [0.25, 0.3) is 0 Å². The lowest BCUT2D eigenvalue weighted by Gasteiger charge is -2.34. The van der Waals surface area contributed by atoms with Gasteiger partial charge in [-0.3, -0.25) is 0 Å². The molecule has 2 heterocycles. The molecule has 0 radical (unpaired) electrons. The number of rotatable bonds is 2. The summed E-state index contributed by atoms with van der Waals surface area (Å²) in [5, 5.41) is 15.8. The first-order valence-electron chi connectivity index (χ1n) is 6.54. The second kappa shape index (κ2) is 5.57. The highest BCUT2D eigenvalue weighted by atomic mass is 32.1. The third-order valence-corrected chi connectivity index (χ3v) is 4.25. The minimum atomic E-state index is -0.982. The Balaban J connectivity index is 1.85. The second-order valence-corrected chi connectivity index (χ2v) is 5.68. The van der Waals surface area contributed by atoms with Crippen LogP contribution < -0.4 is 5.32 Å². The third-order valence-electron chi connectivity index (χ3n) is 3.57. The highest BCUT2D eigenvalue weighted by Gasteiger charge is 2.34. The molecule has 0 aliphatic carbocycles. The van der Waals surface area contributed by atoms with E-state index in [9.17, 15) is 14.7 Å². The standard InChI is InChI=1S/C15H14N2O3S/c18-14(19)13-7-10-3-1-2-4-11(10)8-17(13)15(20)16-12-5-6-21-9-12/h1-6,9,13H,7-8H2,(H,16,20)(H,18,19)/t13-/m0/s1. The van der Waals surface area contributed by atoms with Gasteiger partial charge in [-0.15, -0.1) is 0 Å². The number of carboxylic acids is 1. The number of thiophene rings is 1.